The van der Waals surface area contributed by atoms with Crippen molar-refractivity contribution in [1.82, 2.24) is 15.0 Å². The summed E-state index contributed by atoms with van der Waals surface area (Å²) >= 11 is 0. The number of pyridine rings is 1. The van der Waals surface area contributed by atoms with Crippen molar-refractivity contribution in [1.29, 1.82) is 5.26 Å². The molecular weight excluding hydrogens is 423 g/mol. The van der Waals surface area contributed by atoms with Gasteiger partial charge in [-0.3, -0.25) is 4.79 Å². The first-order valence-corrected chi connectivity index (χ1v) is 10.1. The van der Waals surface area contributed by atoms with E-state index >= 15 is 0 Å². The maximum absolute atomic E-state index is 13.1. The fraction of sp³-hybridized carbons (Fsp3) is 0.278. The molecule has 0 aliphatic heterocycles. The van der Waals surface area contributed by atoms with Gasteiger partial charge in [-0.15, -0.1) is 0 Å². The highest BCUT2D eigenvalue weighted by molar-refractivity contribution is 7.89. The van der Waals surface area contributed by atoms with Crippen LogP contribution in [-0.2, 0) is 21.0 Å². The first-order valence-electron chi connectivity index (χ1n) is 8.61. The largest absolute Gasteiger partial charge is 0.417 e. The minimum atomic E-state index is -4.86. The van der Waals surface area contributed by atoms with E-state index in [1.54, 1.807) is 12.1 Å². The topological polar surface area (TPSA) is 124 Å². The number of aromatic nitrogens is 1. The van der Waals surface area contributed by atoms with Crippen molar-refractivity contribution in [2.24, 2.45) is 0 Å². The molecule has 0 bridgehead atoms. The maximum atomic E-state index is 13.1. The first-order chi connectivity index (χ1) is 14.1. The first kappa shape index (κ1) is 23.1. The highest BCUT2D eigenvalue weighted by Gasteiger charge is 2.37. The van der Waals surface area contributed by atoms with Crippen LogP contribution in [0.15, 0.2) is 47.5 Å². The number of nitrogens with one attached hydrogen (secondary N) is 3. The van der Waals surface area contributed by atoms with Gasteiger partial charge in [-0.1, -0.05) is 12.1 Å². The lowest BCUT2D eigenvalue weighted by Gasteiger charge is -2.17. The van der Waals surface area contributed by atoms with Crippen molar-refractivity contribution in [2.75, 3.05) is 18.4 Å². The van der Waals surface area contributed by atoms with Crippen LogP contribution in [-0.4, -0.2) is 38.4 Å². The second kappa shape index (κ2) is 9.55. The number of benzene rings is 1. The molecule has 8 nitrogen and oxygen atoms in total. The molecule has 30 heavy (non-hydrogen) atoms. The van der Waals surface area contributed by atoms with Crippen LogP contribution in [0.25, 0.3) is 0 Å². The quantitative estimate of drug-likeness (QED) is 0.538. The normalized spacial score (nSPS) is 12.6. The Hall–Kier alpha value is -3.17. The minimum absolute atomic E-state index is 0.0610. The molecule has 0 saturated heterocycles. The Bertz CT molecular complexity index is 1050. The summed E-state index contributed by atoms with van der Waals surface area (Å²) in [6.07, 6.45) is -3.38. The SMILES string of the molecule is C[C@H](NS(=O)(=O)c1ccccc1C(F)(F)F)C(=O)NCCNc1ncccc1C#N. The van der Waals surface area contributed by atoms with Crippen LogP contribution < -0.4 is 15.4 Å². The summed E-state index contributed by atoms with van der Waals surface area (Å²) in [6.45, 7) is 1.46. The Kier molecular flexibility index (Phi) is 7.36. The molecule has 3 N–H and O–H groups in total. The number of amides is 1. The number of nitrogens with zero attached hydrogens (tertiary/aromatic N) is 2. The number of alkyl halides is 3. The van der Waals surface area contributed by atoms with Crippen LogP contribution >= 0.6 is 0 Å². The number of carbonyl (C=O) groups excluding carboxylic acids is 1. The number of anilines is 1. The highest BCUT2D eigenvalue weighted by atomic mass is 32.2. The molecular formula is C18H18F3N5O3S. The Morgan fingerprint density at radius 2 is 1.90 bits per heavy atom. The molecule has 12 heteroatoms. The van der Waals surface area contributed by atoms with Crippen molar-refractivity contribution >= 4 is 21.7 Å². The van der Waals surface area contributed by atoms with E-state index in [9.17, 15) is 26.4 Å². The molecule has 160 valence electrons. The predicted octanol–water partition coefficient (Wildman–Crippen LogP) is 1.87. The van der Waals surface area contributed by atoms with E-state index in [0.717, 1.165) is 18.2 Å². The summed E-state index contributed by atoms with van der Waals surface area (Å²) in [5.41, 5.74) is -1.01. The molecule has 0 aliphatic carbocycles. The summed E-state index contributed by atoms with van der Waals surface area (Å²) in [4.78, 5) is 15.1. The Balaban J connectivity index is 1.95. The number of rotatable bonds is 8. The molecule has 1 atom stereocenters. The number of hydrogen-bond acceptors (Lipinski definition) is 6. The van der Waals surface area contributed by atoms with Crippen molar-refractivity contribution in [3.8, 4) is 6.07 Å². The number of hydrogen-bond donors (Lipinski definition) is 3. The van der Waals surface area contributed by atoms with Gasteiger partial charge in [0.05, 0.1) is 22.1 Å². The fourth-order valence-electron chi connectivity index (χ4n) is 2.44. The zero-order valence-electron chi connectivity index (χ0n) is 15.7. The van der Waals surface area contributed by atoms with Crippen LogP contribution in [0.1, 0.15) is 18.1 Å². The van der Waals surface area contributed by atoms with E-state index in [2.05, 4.69) is 15.6 Å². The van der Waals surface area contributed by atoms with E-state index in [1.165, 1.54) is 13.1 Å². The van der Waals surface area contributed by atoms with Crippen LogP contribution in [0.3, 0.4) is 0 Å². The number of carbonyl (C=O) groups is 1. The number of sulfonamides is 1. The minimum Gasteiger partial charge on any atom is -0.367 e. The summed E-state index contributed by atoms with van der Waals surface area (Å²) in [5.74, 6) is -0.404. The summed E-state index contributed by atoms with van der Waals surface area (Å²) < 4.78 is 65.9. The average Bonchev–Trinajstić information content (AvgIpc) is 2.70. The third-order valence-corrected chi connectivity index (χ3v) is 5.45. The third kappa shape index (κ3) is 5.91. The van der Waals surface area contributed by atoms with Gasteiger partial charge in [-0.05, 0) is 31.2 Å². The van der Waals surface area contributed by atoms with Gasteiger partial charge in [0.15, 0.2) is 0 Å². The standard InChI is InChI=1S/C18H18F3N5O3S/c1-12(17(27)25-10-9-24-16-13(11-22)5-4-8-23-16)26-30(28,29)15-7-3-2-6-14(15)18(19,20)21/h2-8,12,26H,9-10H2,1H3,(H,23,24)(H,25,27)/t12-/m0/s1. The molecule has 1 amide bonds. The molecule has 0 spiro atoms. The smallest absolute Gasteiger partial charge is 0.367 e. The van der Waals surface area contributed by atoms with E-state index in [0.29, 0.717) is 17.4 Å². The van der Waals surface area contributed by atoms with Gasteiger partial charge in [0, 0.05) is 19.3 Å². The third-order valence-electron chi connectivity index (χ3n) is 3.85. The Labute approximate surface area is 171 Å². The van der Waals surface area contributed by atoms with Crippen molar-refractivity contribution < 1.29 is 26.4 Å². The van der Waals surface area contributed by atoms with Crippen molar-refractivity contribution in [3.05, 3.63) is 53.7 Å². The molecule has 2 aromatic rings. The second-order valence-electron chi connectivity index (χ2n) is 6.07. The molecule has 0 aliphatic rings. The van der Waals surface area contributed by atoms with E-state index < -0.39 is 38.6 Å². The predicted molar refractivity (Wildman–Crippen MR) is 102 cm³/mol. The van der Waals surface area contributed by atoms with Gasteiger partial charge >= 0.3 is 6.18 Å². The molecule has 0 radical (unpaired) electrons. The Morgan fingerprint density at radius 1 is 1.20 bits per heavy atom. The average molecular weight is 441 g/mol. The molecule has 0 fully saturated rings. The molecule has 2 rings (SSSR count). The molecule has 1 aromatic carbocycles. The lowest BCUT2D eigenvalue weighted by atomic mass is 10.2. The second-order valence-corrected chi connectivity index (χ2v) is 7.75. The summed E-state index contributed by atoms with van der Waals surface area (Å²) in [6, 6.07) is 7.49. The van der Waals surface area contributed by atoms with E-state index in [-0.39, 0.29) is 13.1 Å². The lowest BCUT2D eigenvalue weighted by molar-refractivity contribution is -0.139. The number of nitriles is 1. The van der Waals surface area contributed by atoms with Crippen LogP contribution in [0.5, 0.6) is 0 Å². The van der Waals surface area contributed by atoms with Crippen molar-refractivity contribution in [2.45, 2.75) is 24.0 Å². The zero-order chi connectivity index (χ0) is 22.4. The van der Waals surface area contributed by atoms with Gasteiger partial charge in [0.25, 0.3) is 0 Å². The maximum Gasteiger partial charge on any atom is 0.417 e. The molecule has 0 saturated carbocycles. The van der Waals surface area contributed by atoms with Gasteiger partial charge in [-0.2, -0.15) is 23.2 Å². The molecule has 0 unspecified atom stereocenters. The van der Waals surface area contributed by atoms with E-state index in [4.69, 9.17) is 5.26 Å². The fourth-order valence-corrected chi connectivity index (χ4v) is 3.87. The van der Waals surface area contributed by atoms with Gasteiger partial charge in [0.1, 0.15) is 11.9 Å². The van der Waals surface area contributed by atoms with Crippen molar-refractivity contribution in [3.63, 3.8) is 0 Å². The van der Waals surface area contributed by atoms with Gasteiger partial charge in [-0.25, -0.2) is 13.4 Å². The van der Waals surface area contributed by atoms with Crippen LogP contribution in [0.4, 0.5) is 19.0 Å². The number of halogens is 3. The summed E-state index contributed by atoms with van der Waals surface area (Å²) in [7, 11) is -4.59. The molecule has 1 aromatic heterocycles. The van der Waals surface area contributed by atoms with E-state index in [1.807, 2.05) is 10.8 Å². The highest BCUT2D eigenvalue weighted by Crippen LogP contribution is 2.33. The lowest BCUT2D eigenvalue weighted by Crippen LogP contribution is -2.46. The van der Waals surface area contributed by atoms with Crippen LogP contribution in [0, 0.1) is 11.3 Å². The van der Waals surface area contributed by atoms with Gasteiger partial charge < -0.3 is 10.6 Å². The molecule has 1 heterocycles. The Morgan fingerprint density at radius 3 is 2.57 bits per heavy atom. The van der Waals surface area contributed by atoms with Gasteiger partial charge in [0.2, 0.25) is 15.9 Å². The monoisotopic (exact) mass is 441 g/mol. The zero-order valence-corrected chi connectivity index (χ0v) is 16.5. The summed E-state index contributed by atoms with van der Waals surface area (Å²) in [5, 5.41) is 14.3. The van der Waals surface area contributed by atoms with Crippen LogP contribution in [0.2, 0.25) is 0 Å².